The molecule has 1 aromatic carbocycles. The van der Waals surface area contributed by atoms with Crippen LogP contribution < -0.4 is 5.73 Å². The Hall–Kier alpha value is -1.98. The van der Waals surface area contributed by atoms with Crippen molar-refractivity contribution in [3.8, 4) is 11.4 Å². The van der Waals surface area contributed by atoms with E-state index in [4.69, 9.17) is 5.73 Å². The van der Waals surface area contributed by atoms with Crippen LogP contribution in [0, 0.1) is 11.2 Å². The van der Waals surface area contributed by atoms with Crippen LogP contribution in [0.5, 0.6) is 0 Å². The molecule has 96 valence electrons. The molecule has 18 heavy (non-hydrogen) atoms. The van der Waals surface area contributed by atoms with Crippen LogP contribution in [0.25, 0.3) is 11.4 Å². The van der Waals surface area contributed by atoms with Gasteiger partial charge in [0.1, 0.15) is 5.82 Å². The van der Waals surface area contributed by atoms with E-state index in [0.717, 1.165) is 0 Å². The first-order valence-electron chi connectivity index (χ1n) is 5.68. The van der Waals surface area contributed by atoms with Crippen LogP contribution in [0.4, 0.5) is 10.1 Å². The molecule has 0 aliphatic rings. The van der Waals surface area contributed by atoms with Gasteiger partial charge in [0.15, 0.2) is 5.82 Å². The number of nitrogen functional groups attached to an aromatic ring is 1. The Balaban J connectivity index is 2.45. The van der Waals surface area contributed by atoms with E-state index in [1.165, 1.54) is 12.1 Å². The van der Waals surface area contributed by atoms with E-state index in [1.807, 2.05) is 0 Å². The van der Waals surface area contributed by atoms with Crippen molar-refractivity contribution in [3.63, 3.8) is 0 Å². The minimum atomic E-state index is -0.380. The second-order valence-corrected chi connectivity index (χ2v) is 5.46. The molecular weight excluding hydrogens is 233 g/mol. The summed E-state index contributed by atoms with van der Waals surface area (Å²) in [6.07, 6.45) is 0. The molecular formula is C12H16FN5. The second-order valence-electron chi connectivity index (χ2n) is 5.46. The van der Waals surface area contributed by atoms with Crippen molar-refractivity contribution in [2.24, 2.45) is 5.41 Å². The Morgan fingerprint density at radius 2 is 2.06 bits per heavy atom. The molecule has 0 unspecified atom stereocenters. The number of anilines is 1. The van der Waals surface area contributed by atoms with Crippen LogP contribution in [0.3, 0.4) is 0 Å². The average molecular weight is 249 g/mol. The topological polar surface area (TPSA) is 69.6 Å². The highest BCUT2D eigenvalue weighted by Crippen LogP contribution is 2.25. The van der Waals surface area contributed by atoms with E-state index in [9.17, 15) is 4.39 Å². The van der Waals surface area contributed by atoms with Crippen molar-refractivity contribution < 1.29 is 4.39 Å². The Bertz CT molecular complexity index is 556. The number of tetrazole rings is 1. The number of halogens is 1. The van der Waals surface area contributed by atoms with Crippen molar-refractivity contribution in [2.75, 3.05) is 5.73 Å². The lowest BCUT2D eigenvalue weighted by Crippen LogP contribution is -2.17. The normalized spacial score (nSPS) is 11.8. The monoisotopic (exact) mass is 249 g/mol. The molecule has 2 rings (SSSR count). The van der Waals surface area contributed by atoms with Crippen LogP contribution in [0.1, 0.15) is 20.8 Å². The number of aromatic nitrogens is 4. The molecule has 2 aromatic rings. The minimum Gasteiger partial charge on any atom is -0.399 e. The molecule has 0 amide bonds. The van der Waals surface area contributed by atoms with Gasteiger partial charge in [-0.25, -0.2) is 9.07 Å². The van der Waals surface area contributed by atoms with Gasteiger partial charge in [-0.05, 0) is 34.0 Å². The Morgan fingerprint density at radius 1 is 1.33 bits per heavy atom. The van der Waals surface area contributed by atoms with Gasteiger partial charge < -0.3 is 5.73 Å². The van der Waals surface area contributed by atoms with Crippen LogP contribution in [-0.2, 0) is 6.54 Å². The van der Waals surface area contributed by atoms with Crippen LogP contribution >= 0.6 is 0 Å². The maximum atomic E-state index is 13.8. The first kappa shape index (κ1) is 12.5. The fourth-order valence-corrected chi connectivity index (χ4v) is 1.67. The number of hydrogen-bond acceptors (Lipinski definition) is 4. The summed E-state index contributed by atoms with van der Waals surface area (Å²) in [5.74, 6) is 0.0175. The van der Waals surface area contributed by atoms with Crippen molar-refractivity contribution >= 4 is 5.69 Å². The Labute approximate surface area is 105 Å². The smallest absolute Gasteiger partial charge is 0.185 e. The van der Waals surface area contributed by atoms with Crippen molar-refractivity contribution in [1.29, 1.82) is 0 Å². The summed E-state index contributed by atoms with van der Waals surface area (Å²) in [5.41, 5.74) is 6.47. The fraction of sp³-hybridized carbons (Fsp3) is 0.417. The zero-order valence-electron chi connectivity index (χ0n) is 10.7. The largest absolute Gasteiger partial charge is 0.399 e. The Morgan fingerprint density at radius 3 is 2.72 bits per heavy atom. The van der Waals surface area contributed by atoms with Gasteiger partial charge in [0, 0.05) is 12.2 Å². The fourth-order valence-electron chi connectivity index (χ4n) is 1.67. The number of rotatable bonds is 2. The third-order valence-corrected chi connectivity index (χ3v) is 2.39. The Kier molecular flexibility index (Phi) is 3.02. The maximum absolute atomic E-state index is 13.8. The second kappa shape index (κ2) is 4.36. The molecule has 6 heteroatoms. The number of hydrogen-bond donors (Lipinski definition) is 1. The maximum Gasteiger partial charge on any atom is 0.185 e. The van der Waals surface area contributed by atoms with Crippen molar-refractivity contribution in [3.05, 3.63) is 24.0 Å². The molecule has 0 saturated heterocycles. The zero-order valence-corrected chi connectivity index (χ0v) is 10.7. The van der Waals surface area contributed by atoms with Gasteiger partial charge in [-0.1, -0.05) is 20.8 Å². The van der Waals surface area contributed by atoms with E-state index >= 15 is 0 Å². The highest BCUT2D eigenvalue weighted by molar-refractivity contribution is 5.61. The van der Waals surface area contributed by atoms with Gasteiger partial charge >= 0.3 is 0 Å². The summed E-state index contributed by atoms with van der Waals surface area (Å²) >= 11 is 0. The van der Waals surface area contributed by atoms with Crippen molar-refractivity contribution in [2.45, 2.75) is 27.3 Å². The van der Waals surface area contributed by atoms with Crippen LogP contribution in [-0.4, -0.2) is 20.2 Å². The minimum absolute atomic E-state index is 0.000924. The van der Waals surface area contributed by atoms with Crippen molar-refractivity contribution in [1.82, 2.24) is 20.2 Å². The van der Waals surface area contributed by atoms with Gasteiger partial charge in [-0.15, -0.1) is 5.10 Å². The number of benzene rings is 1. The SMILES string of the molecule is CC(C)(C)Cn1nnnc1-c1cc(N)ccc1F. The third-order valence-electron chi connectivity index (χ3n) is 2.39. The van der Waals surface area contributed by atoms with Crippen LogP contribution in [0.15, 0.2) is 18.2 Å². The molecule has 2 N–H and O–H groups in total. The van der Waals surface area contributed by atoms with Gasteiger partial charge in [-0.2, -0.15) is 0 Å². The summed E-state index contributed by atoms with van der Waals surface area (Å²) in [5, 5.41) is 11.4. The van der Waals surface area contributed by atoms with E-state index in [-0.39, 0.29) is 11.2 Å². The average Bonchev–Trinajstić information content (AvgIpc) is 2.67. The van der Waals surface area contributed by atoms with E-state index in [1.54, 1.807) is 10.7 Å². The molecule has 0 aliphatic carbocycles. The quantitative estimate of drug-likeness (QED) is 0.827. The summed E-state index contributed by atoms with van der Waals surface area (Å²) in [6.45, 7) is 6.79. The lowest BCUT2D eigenvalue weighted by atomic mass is 9.97. The zero-order chi connectivity index (χ0) is 13.3. The van der Waals surface area contributed by atoms with Gasteiger partial charge in [0.2, 0.25) is 0 Å². The molecule has 0 atom stereocenters. The van der Waals surface area contributed by atoms with Gasteiger partial charge in [-0.3, -0.25) is 0 Å². The summed E-state index contributed by atoms with van der Waals surface area (Å²) in [6, 6.07) is 4.37. The molecule has 0 aliphatic heterocycles. The lowest BCUT2D eigenvalue weighted by Gasteiger charge is -2.18. The third kappa shape index (κ3) is 2.64. The molecule has 0 fully saturated rings. The predicted molar refractivity (Wildman–Crippen MR) is 67.1 cm³/mol. The van der Waals surface area contributed by atoms with Gasteiger partial charge in [0.05, 0.1) is 5.56 Å². The van der Waals surface area contributed by atoms with E-state index in [0.29, 0.717) is 23.6 Å². The predicted octanol–water partition coefficient (Wildman–Crippen LogP) is 2.11. The van der Waals surface area contributed by atoms with E-state index < -0.39 is 0 Å². The highest BCUT2D eigenvalue weighted by atomic mass is 19.1. The molecule has 0 radical (unpaired) electrons. The summed E-state index contributed by atoms with van der Waals surface area (Å²) < 4.78 is 15.4. The summed E-state index contributed by atoms with van der Waals surface area (Å²) in [7, 11) is 0. The molecule has 0 bridgehead atoms. The number of nitrogens with zero attached hydrogens (tertiary/aromatic N) is 4. The molecule has 0 spiro atoms. The molecule has 5 nitrogen and oxygen atoms in total. The van der Waals surface area contributed by atoms with Gasteiger partial charge in [0.25, 0.3) is 0 Å². The standard InChI is InChI=1S/C12H16FN5/c1-12(2,3)7-18-11(15-16-17-18)9-6-8(14)4-5-10(9)13/h4-6H,7,14H2,1-3H3. The first-order valence-corrected chi connectivity index (χ1v) is 5.68. The molecule has 0 saturated carbocycles. The van der Waals surface area contributed by atoms with Crippen LogP contribution in [0.2, 0.25) is 0 Å². The number of nitrogens with two attached hydrogens (primary N) is 1. The van der Waals surface area contributed by atoms with E-state index in [2.05, 4.69) is 36.3 Å². The molecule has 1 heterocycles. The first-order chi connectivity index (χ1) is 8.37. The lowest BCUT2D eigenvalue weighted by molar-refractivity contribution is 0.323. The highest BCUT2D eigenvalue weighted by Gasteiger charge is 2.18. The summed E-state index contributed by atoms with van der Waals surface area (Å²) in [4.78, 5) is 0. The molecule has 1 aromatic heterocycles.